The highest BCUT2D eigenvalue weighted by Gasteiger charge is 2.22. The van der Waals surface area contributed by atoms with Crippen LogP contribution >= 0.6 is 11.6 Å². The summed E-state index contributed by atoms with van der Waals surface area (Å²) in [5.41, 5.74) is 3.49. The van der Waals surface area contributed by atoms with Crippen molar-refractivity contribution in [3.63, 3.8) is 0 Å². The molecule has 2 aromatic carbocycles. The fourth-order valence-corrected chi connectivity index (χ4v) is 4.17. The molecule has 0 bridgehead atoms. The Morgan fingerprint density at radius 2 is 1.69 bits per heavy atom. The molecule has 0 saturated heterocycles. The van der Waals surface area contributed by atoms with Crippen molar-refractivity contribution in [1.82, 2.24) is 29.4 Å². The van der Waals surface area contributed by atoms with Gasteiger partial charge >= 0.3 is 0 Å². The third kappa shape index (κ3) is 4.36. The van der Waals surface area contributed by atoms with Gasteiger partial charge in [0.05, 0.1) is 11.4 Å². The molecule has 0 aliphatic heterocycles. The number of fused-ring (bicyclic) bond motifs is 1. The number of rotatable bonds is 6. The van der Waals surface area contributed by atoms with E-state index in [1.165, 1.54) is 4.68 Å². The van der Waals surface area contributed by atoms with Gasteiger partial charge in [-0.3, -0.25) is 9.59 Å². The predicted octanol–water partition coefficient (Wildman–Crippen LogP) is 3.96. The molecule has 35 heavy (non-hydrogen) atoms. The van der Waals surface area contributed by atoms with Crippen LogP contribution in [0.1, 0.15) is 16.8 Å². The molecule has 9 heteroatoms. The van der Waals surface area contributed by atoms with E-state index in [0.29, 0.717) is 34.0 Å². The third-order valence-electron chi connectivity index (χ3n) is 5.87. The molecule has 0 radical (unpaired) electrons. The molecule has 0 saturated carbocycles. The Labute approximate surface area is 206 Å². The van der Waals surface area contributed by atoms with Crippen molar-refractivity contribution >= 4 is 28.4 Å². The van der Waals surface area contributed by atoms with Crippen LogP contribution in [0.25, 0.3) is 22.4 Å². The molecular weight excluding hydrogens is 464 g/mol. The number of benzene rings is 2. The van der Waals surface area contributed by atoms with Crippen molar-refractivity contribution in [3.05, 3.63) is 105 Å². The number of aromatic nitrogens is 5. The maximum atomic E-state index is 13.6. The second-order valence-electron chi connectivity index (χ2n) is 8.28. The number of aryl methyl sites for hydroxylation is 2. The molecule has 0 unspecified atom stereocenters. The van der Waals surface area contributed by atoms with Crippen LogP contribution in [-0.4, -0.2) is 30.0 Å². The zero-order valence-corrected chi connectivity index (χ0v) is 20.0. The number of nitrogens with one attached hydrogen (secondary N) is 1. The molecule has 3 heterocycles. The summed E-state index contributed by atoms with van der Waals surface area (Å²) >= 11 is 6.07. The van der Waals surface area contributed by atoms with Crippen LogP contribution in [0.2, 0.25) is 5.02 Å². The lowest BCUT2D eigenvalue weighted by molar-refractivity contribution is -0.122. The third-order valence-corrected chi connectivity index (χ3v) is 6.13. The van der Waals surface area contributed by atoms with Gasteiger partial charge in [-0.05, 0) is 61.4 Å². The number of carbonyl (C=O) groups is 1. The summed E-state index contributed by atoms with van der Waals surface area (Å²) in [7, 11) is 0. The normalized spacial score (nSPS) is 11.2. The monoisotopic (exact) mass is 486 g/mol. The predicted molar refractivity (Wildman–Crippen MR) is 135 cm³/mol. The maximum absolute atomic E-state index is 13.6. The van der Waals surface area contributed by atoms with Gasteiger partial charge in [0.1, 0.15) is 17.4 Å². The van der Waals surface area contributed by atoms with Gasteiger partial charge in [-0.2, -0.15) is 10.2 Å². The van der Waals surface area contributed by atoms with E-state index in [0.717, 1.165) is 16.8 Å². The lowest BCUT2D eigenvalue weighted by atomic mass is 10.1. The van der Waals surface area contributed by atoms with Crippen molar-refractivity contribution in [2.45, 2.75) is 26.9 Å². The van der Waals surface area contributed by atoms with Gasteiger partial charge in [-0.15, -0.1) is 0 Å². The highest BCUT2D eigenvalue weighted by atomic mass is 35.5. The van der Waals surface area contributed by atoms with Crippen molar-refractivity contribution in [2.24, 2.45) is 0 Å². The van der Waals surface area contributed by atoms with Gasteiger partial charge in [0, 0.05) is 24.0 Å². The smallest absolute Gasteiger partial charge is 0.280 e. The Balaban J connectivity index is 1.56. The average Bonchev–Trinajstić information content (AvgIpc) is 3.51. The first kappa shape index (κ1) is 22.6. The number of halogens is 1. The second-order valence-corrected chi connectivity index (χ2v) is 8.71. The first-order chi connectivity index (χ1) is 16.9. The fourth-order valence-electron chi connectivity index (χ4n) is 4.04. The minimum atomic E-state index is -0.388. The van der Waals surface area contributed by atoms with Gasteiger partial charge in [-0.1, -0.05) is 35.9 Å². The quantitative estimate of drug-likeness (QED) is 0.393. The molecule has 0 atom stereocenters. The molecular formula is C26H23ClN6O2. The van der Waals surface area contributed by atoms with E-state index in [2.05, 4.69) is 10.4 Å². The standard InChI is InChI=1S/C26H23ClN6O2/c1-17-7-3-4-8-19(17)15-28-22(34)16-32-26(35)23-24(18(2)29-32)30-33(21-11-9-20(27)10-12-21)25(23)31-13-5-6-14-31/h3-14H,15-16H2,1-2H3,(H,28,34). The van der Waals surface area contributed by atoms with Crippen LogP contribution in [0.5, 0.6) is 0 Å². The van der Waals surface area contributed by atoms with E-state index in [1.807, 2.05) is 72.4 Å². The van der Waals surface area contributed by atoms with Crippen LogP contribution in [0, 0.1) is 13.8 Å². The zero-order chi connectivity index (χ0) is 24.5. The van der Waals surface area contributed by atoms with Crippen LogP contribution < -0.4 is 10.9 Å². The maximum Gasteiger partial charge on any atom is 0.280 e. The highest BCUT2D eigenvalue weighted by Crippen LogP contribution is 2.25. The van der Waals surface area contributed by atoms with E-state index < -0.39 is 0 Å². The Hall–Kier alpha value is -4.17. The van der Waals surface area contributed by atoms with Crippen molar-refractivity contribution < 1.29 is 4.79 Å². The SMILES string of the molecule is Cc1ccccc1CNC(=O)Cn1nc(C)c2nn(-c3ccc(Cl)cc3)c(-n3cccc3)c2c1=O. The van der Waals surface area contributed by atoms with E-state index in [9.17, 15) is 9.59 Å². The van der Waals surface area contributed by atoms with Crippen molar-refractivity contribution in [3.8, 4) is 11.5 Å². The lowest BCUT2D eigenvalue weighted by Gasteiger charge is -2.10. The minimum Gasteiger partial charge on any atom is -0.350 e. The number of amides is 1. The summed E-state index contributed by atoms with van der Waals surface area (Å²) in [6.45, 7) is 3.96. The molecule has 0 fully saturated rings. The van der Waals surface area contributed by atoms with Crippen LogP contribution in [0.15, 0.2) is 77.9 Å². The summed E-state index contributed by atoms with van der Waals surface area (Å²) in [4.78, 5) is 26.3. The molecule has 0 aliphatic carbocycles. The molecule has 176 valence electrons. The Kier molecular flexibility index (Phi) is 5.96. The van der Waals surface area contributed by atoms with Gasteiger partial charge < -0.3 is 9.88 Å². The molecule has 5 rings (SSSR count). The fraction of sp³-hybridized carbons (Fsp3) is 0.154. The first-order valence-electron chi connectivity index (χ1n) is 11.1. The molecule has 8 nitrogen and oxygen atoms in total. The zero-order valence-electron chi connectivity index (χ0n) is 19.3. The summed E-state index contributed by atoms with van der Waals surface area (Å²) in [5.74, 6) is 0.270. The van der Waals surface area contributed by atoms with Crippen molar-refractivity contribution in [2.75, 3.05) is 0 Å². The molecule has 1 N–H and O–H groups in total. The molecule has 0 aliphatic rings. The van der Waals surface area contributed by atoms with Gasteiger partial charge in [-0.25, -0.2) is 9.36 Å². The van der Waals surface area contributed by atoms with E-state index >= 15 is 0 Å². The minimum absolute atomic E-state index is 0.196. The van der Waals surface area contributed by atoms with Gasteiger partial charge in [0.25, 0.3) is 5.56 Å². The van der Waals surface area contributed by atoms with Crippen molar-refractivity contribution in [1.29, 1.82) is 0 Å². The van der Waals surface area contributed by atoms with Crippen LogP contribution in [0.4, 0.5) is 0 Å². The number of hydrogen-bond acceptors (Lipinski definition) is 4. The molecule has 0 spiro atoms. The first-order valence-corrected chi connectivity index (χ1v) is 11.5. The van der Waals surface area contributed by atoms with Gasteiger partial charge in [0.2, 0.25) is 5.91 Å². The van der Waals surface area contributed by atoms with Gasteiger partial charge in [0.15, 0.2) is 5.82 Å². The largest absolute Gasteiger partial charge is 0.350 e. The summed E-state index contributed by atoms with van der Waals surface area (Å²) in [6.07, 6.45) is 3.69. The molecule has 5 aromatic rings. The van der Waals surface area contributed by atoms with Crippen LogP contribution in [0.3, 0.4) is 0 Å². The van der Waals surface area contributed by atoms with Crippen LogP contribution in [-0.2, 0) is 17.9 Å². The molecule has 1 amide bonds. The summed E-state index contributed by atoms with van der Waals surface area (Å²) in [6, 6.07) is 18.8. The van der Waals surface area contributed by atoms with E-state index in [4.69, 9.17) is 16.7 Å². The number of nitrogens with zero attached hydrogens (tertiary/aromatic N) is 5. The highest BCUT2D eigenvalue weighted by molar-refractivity contribution is 6.30. The topological polar surface area (TPSA) is 86.7 Å². The van der Waals surface area contributed by atoms with E-state index in [1.54, 1.807) is 23.7 Å². The van der Waals surface area contributed by atoms with E-state index in [-0.39, 0.29) is 18.0 Å². The number of carbonyl (C=O) groups excluding carboxylic acids is 1. The lowest BCUT2D eigenvalue weighted by Crippen LogP contribution is -2.34. The Bertz CT molecular complexity index is 1580. The second kappa shape index (κ2) is 9.23. The summed E-state index contributed by atoms with van der Waals surface area (Å²) in [5, 5.41) is 13.0. The Morgan fingerprint density at radius 1 is 0.971 bits per heavy atom. The summed E-state index contributed by atoms with van der Waals surface area (Å²) < 4.78 is 4.72. The molecule has 3 aromatic heterocycles. The average molecular weight is 487 g/mol. The Morgan fingerprint density at radius 3 is 2.40 bits per heavy atom. The number of hydrogen-bond donors (Lipinski definition) is 1.